The molecule has 3 aromatic rings. The maximum absolute atomic E-state index is 2.20. The van der Waals surface area contributed by atoms with Gasteiger partial charge in [-0.15, -0.1) is 0 Å². The second kappa shape index (κ2) is 7.49. The van der Waals surface area contributed by atoms with E-state index in [1.54, 1.807) is 0 Å². The molecule has 0 heterocycles. The molecule has 0 aliphatic heterocycles. The van der Waals surface area contributed by atoms with E-state index in [1.807, 2.05) is 0 Å². The van der Waals surface area contributed by atoms with Crippen LogP contribution in [0.4, 0.5) is 0 Å². The zero-order valence-electron chi connectivity index (χ0n) is 10.7. The Labute approximate surface area is 143 Å². The van der Waals surface area contributed by atoms with Gasteiger partial charge in [-0.3, -0.25) is 0 Å². The zero-order valence-corrected chi connectivity index (χ0v) is 10.7. The standard InChI is InChI=1S/C18H15B.Na.H/c1-4-10-16(11-5-1)19(17-12-6-2-7-13-17)18-14-8-3-9-15-18;;/h1-15H;;. The first-order chi connectivity index (χ1) is 9.45. The molecule has 0 aliphatic rings. The van der Waals surface area contributed by atoms with E-state index in [2.05, 4.69) is 91.0 Å². The molecule has 0 nitrogen and oxygen atoms in total. The molecular weight excluding hydrogens is 250 g/mol. The molecule has 0 spiro atoms. The molecule has 0 N–H and O–H groups in total. The third-order valence-corrected chi connectivity index (χ3v) is 3.40. The van der Waals surface area contributed by atoms with Gasteiger partial charge < -0.3 is 0 Å². The van der Waals surface area contributed by atoms with Gasteiger partial charge >= 0.3 is 29.6 Å². The Balaban J connectivity index is 0.00000147. The van der Waals surface area contributed by atoms with Crippen LogP contribution in [0.25, 0.3) is 0 Å². The van der Waals surface area contributed by atoms with Crippen LogP contribution in [0.1, 0.15) is 0 Å². The molecule has 3 rings (SSSR count). The minimum Gasteiger partial charge on any atom is -0.0687 e. The molecule has 2 heteroatoms. The minimum atomic E-state index is 0. The van der Waals surface area contributed by atoms with Gasteiger partial charge in [0.2, 0.25) is 6.71 Å². The average Bonchev–Trinajstić information content (AvgIpc) is 2.51. The summed E-state index contributed by atoms with van der Waals surface area (Å²) < 4.78 is 0. The maximum atomic E-state index is 2.20. The van der Waals surface area contributed by atoms with Crippen molar-refractivity contribution in [3.05, 3.63) is 91.0 Å². The van der Waals surface area contributed by atoms with E-state index in [9.17, 15) is 0 Å². The minimum absolute atomic E-state index is 0. The fourth-order valence-electron chi connectivity index (χ4n) is 2.51. The van der Waals surface area contributed by atoms with Gasteiger partial charge in [-0.25, -0.2) is 0 Å². The molecule has 0 saturated heterocycles. The van der Waals surface area contributed by atoms with Gasteiger partial charge in [-0.05, 0) is 0 Å². The van der Waals surface area contributed by atoms with Crippen LogP contribution in [0, 0.1) is 0 Å². The van der Waals surface area contributed by atoms with Gasteiger partial charge in [0.1, 0.15) is 0 Å². The van der Waals surface area contributed by atoms with Gasteiger partial charge in [0, 0.05) is 0 Å². The Bertz CT molecular complexity index is 529. The van der Waals surface area contributed by atoms with Crippen molar-refractivity contribution < 1.29 is 0 Å². The summed E-state index contributed by atoms with van der Waals surface area (Å²) in [6, 6.07) is 32.0. The first kappa shape index (κ1) is 15.1. The maximum Gasteiger partial charge on any atom is 0.241 e. The molecule has 0 unspecified atom stereocenters. The van der Waals surface area contributed by atoms with Gasteiger partial charge in [-0.1, -0.05) is 107 Å². The van der Waals surface area contributed by atoms with E-state index in [-0.39, 0.29) is 29.6 Å². The molecule has 92 valence electrons. The predicted molar refractivity (Wildman–Crippen MR) is 91.1 cm³/mol. The number of hydrogen-bond donors (Lipinski definition) is 0. The van der Waals surface area contributed by atoms with Gasteiger partial charge in [0.05, 0.1) is 0 Å². The molecule has 0 radical (unpaired) electrons. The molecule has 0 saturated carbocycles. The first-order valence-electron chi connectivity index (χ1n) is 6.60. The summed E-state index contributed by atoms with van der Waals surface area (Å²) >= 11 is 0. The summed E-state index contributed by atoms with van der Waals surface area (Å²) in [5.41, 5.74) is 4.00. The molecule has 0 aliphatic carbocycles. The van der Waals surface area contributed by atoms with Crippen molar-refractivity contribution in [1.29, 1.82) is 0 Å². The Morgan fingerprint density at radius 3 is 0.900 bits per heavy atom. The fraction of sp³-hybridized carbons (Fsp3) is 0. The Kier molecular flexibility index (Phi) is 5.66. The summed E-state index contributed by atoms with van der Waals surface area (Å²) in [6.07, 6.45) is 0. The summed E-state index contributed by atoms with van der Waals surface area (Å²) in [5, 5.41) is 0. The second-order valence-corrected chi connectivity index (χ2v) is 4.67. The van der Waals surface area contributed by atoms with Crippen molar-refractivity contribution in [2.75, 3.05) is 0 Å². The van der Waals surface area contributed by atoms with Crippen LogP contribution in [0.5, 0.6) is 0 Å². The first-order valence-corrected chi connectivity index (χ1v) is 6.60. The van der Waals surface area contributed by atoms with Crippen molar-refractivity contribution in [2.45, 2.75) is 0 Å². The third-order valence-electron chi connectivity index (χ3n) is 3.40. The molecule has 0 fully saturated rings. The Morgan fingerprint density at radius 2 is 0.650 bits per heavy atom. The second-order valence-electron chi connectivity index (χ2n) is 4.67. The van der Waals surface area contributed by atoms with E-state index in [1.165, 1.54) is 16.4 Å². The number of benzene rings is 3. The fourth-order valence-corrected chi connectivity index (χ4v) is 2.51. The number of hydrogen-bond acceptors (Lipinski definition) is 0. The van der Waals surface area contributed by atoms with E-state index in [4.69, 9.17) is 0 Å². The largest absolute Gasteiger partial charge is 0.241 e. The molecular formula is C18H16BNa. The molecule has 3 aromatic carbocycles. The summed E-state index contributed by atoms with van der Waals surface area (Å²) in [4.78, 5) is 0. The van der Waals surface area contributed by atoms with Gasteiger partial charge in [0.15, 0.2) is 0 Å². The van der Waals surface area contributed by atoms with Crippen molar-refractivity contribution in [3.63, 3.8) is 0 Å². The monoisotopic (exact) mass is 266 g/mol. The molecule has 0 bridgehead atoms. The summed E-state index contributed by atoms with van der Waals surface area (Å²) in [5.74, 6) is 0. The van der Waals surface area contributed by atoms with Crippen molar-refractivity contribution >= 4 is 52.7 Å². The Morgan fingerprint density at radius 1 is 0.400 bits per heavy atom. The van der Waals surface area contributed by atoms with Crippen LogP contribution in [-0.2, 0) is 0 Å². The molecule has 0 amide bonds. The normalized spacial score (nSPS) is 9.60. The molecule has 0 atom stereocenters. The van der Waals surface area contributed by atoms with Crippen molar-refractivity contribution in [3.8, 4) is 0 Å². The van der Waals surface area contributed by atoms with E-state index < -0.39 is 0 Å². The summed E-state index contributed by atoms with van der Waals surface area (Å²) in [7, 11) is 0. The van der Waals surface area contributed by atoms with Crippen LogP contribution < -0.4 is 16.4 Å². The quantitative estimate of drug-likeness (QED) is 0.631. The smallest absolute Gasteiger partial charge is 0.0687 e. The van der Waals surface area contributed by atoms with Crippen molar-refractivity contribution in [1.82, 2.24) is 0 Å². The van der Waals surface area contributed by atoms with E-state index in [0.29, 0.717) is 6.71 Å². The van der Waals surface area contributed by atoms with Crippen LogP contribution in [-0.4, -0.2) is 36.3 Å². The van der Waals surface area contributed by atoms with Crippen LogP contribution in [0.3, 0.4) is 0 Å². The van der Waals surface area contributed by atoms with Crippen molar-refractivity contribution in [2.24, 2.45) is 0 Å². The zero-order chi connectivity index (χ0) is 12.9. The van der Waals surface area contributed by atoms with E-state index >= 15 is 0 Å². The van der Waals surface area contributed by atoms with Crippen LogP contribution in [0.15, 0.2) is 91.0 Å². The summed E-state index contributed by atoms with van der Waals surface area (Å²) in [6.45, 7) is 0.309. The van der Waals surface area contributed by atoms with Crippen LogP contribution in [0.2, 0.25) is 0 Å². The van der Waals surface area contributed by atoms with E-state index in [0.717, 1.165) is 0 Å². The number of rotatable bonds is 3. The Hall–Kier alpha value is -1.28. The molecule has 20 heavy (non-hydrogen) atoms. The molecule has 0 aromatic heterocycles. The van der Waals surface area contributed by atoms with Crippen LogP contribution >= 0.6 is 0 Å². The third kappa shape index (κ3) is 3.43. The topological polar surface area (TPSA) is 0 Å². The van der Waals surface area contributed by atoms with Gasteiger partial charge in [-0.2, -0.15) is 0 Å². The van der Waals surface area contributed by atoms with Gasteiger partial charge in [0.25, 0.3) is 0 Å². The SMILES string of the molecule is [NaH].c1ccc(B(c2ccccc2)c2ccccc2)cc1. The predicted octanol–water partition coefficient (Wildman–Crippen LogP) is 1.55. The average molecular weight is 266 g/mol.